The van der Waals surface area contributed by atoms with Crippen molar-refractivity contribution in [3.63, 3.8) is 0 Å². The fraction of sp³-hybridized carbons (Fsp3) is 0.667. The predicted molar refractivity (Wildman–Crippen MR) is 83.7 cm³/mol. The molecule has 1 amide bonds. The molecule has 3 rings (SSSR count). The highest BCUT2D eigenvalue weighted by Crippen LogP contribution is 2.26. The van der Waals surface area contributed by atoms with E-state index < -0.39 is 5.91 Å². The lowest BCUT2D eigenvalue weighted by Crippen LogP contribution is -2.26. The van der Waals surface area contributed by atoms with Crippen LogP contribution in [0.4, 0.5) is 11.8 Å². The molecule has 0 unspecified atom stereocenters. The van der Waals surface area contributed by atoms with E-state index in [2.05, 4.69) is 20.6 Å². The van der Waals surface area contributed by atoms with Gasteiger partial charge in [0.1, 0.15) is 5.82 Å². The van der Waals surface area contributed by atoms with Crippen LogP contribution in [0.5, 0.6) is 0 Å². The summed E-state index contributed by atoms with van der Waals surface area (Å²) in [6.45, 7) is 0. The molecule has 0 radical (unpaired) electrons. The summed E-state index contributed by atoms with van der Waals surface area (Å²) in [5, 5.41) is 16.4. The van der Waals surface area contributed by atoms with Gasteiger partial charge >= 0.3 is 0 Å². The normalized spacial score (nSPS) is 25.3. The van der Waals surface area contributed by atoms with Gasteiger partial charge in [-0.1, -0.05) is 12.8 Å². The van der Waals surface area contributed by atoms with Crippen molar-refractivity contribution in [2.24, 2.45) is 5.73 Å². The second-order valence-electron chi connectivity index (χ2n) is 6.25. The van der Waals surface area contributed by atoms with Crippen LogP contribution in [0.2, 0.25) is 0 Å². The van der Waals surface area contributed by atoms with E-state index in [4.69, 9.17) is 5.73 Å². The van der Waals surface area contributed by atoms with Crippen LogP contribution >= 0.6 is 0 Å². The molecule has 7 nitrogen and oxygen atoms in total. The van der Waals surface area contributed by atoms with E-state index in [0.29, 0.717) is 29.8 Å². The molecule has 2 aliphatic carbocycles. The summed E-state index contributed by atoms with van der Waals surface area (Å²) in [7, 11) is 0. The molecule has 22 heavy (non-hydrogen) atoms. The van der Waals surface area contributed by atoms with Crippen LogP contribution in [-0.4, -0.2) is 39.2 Å². The number of rotatable bonds is 5. The number of nitrogens with one attached hydrogen (secondary N) is 2. The van der Waals surface area contributed by atoms with Crippen LogP contribution in [0.1, 0.15) is 55.3 Å². The zero-order valence-electron chi connectivity index (χ0n) is 12.6. The maximum Gasteiger partial charge on any atom is 0.254 e. The Morgan fingerprint density at radius 3 is 2.68 bits per heavy atom. The standard InChI is InChI=1S/C15H23N5O2/c16-13(22)12-8-17-15(19-9-5-6-9)20-14(12)18-10-3-1-2-4-11(21)7-10/h8-11,21H,1-7H2,(H2,16,22)(H2,17,18,19,20)/t10-,11+/m1/s1. The zero-order valence-corrected chi connectivity index (χ0v) is 12.6. The second kappa shape index (κ2) is 6.48. The van der Waals surface area contributed by atoms with Crippen LogP contribution in [0.3, 0.4) is 0 Å². The molecule has 0 bridgehead atoms. The summed E-state index contributed by atoms with van der Waals surface area (Å²) in [5.41, 5.74) is 5.70. The highest BCUT2D eigenvalue weighted by atomic mass is 16.3. The van der Waals surface area contributed by atoms with Gasteiger partial charge in [-0.15, -0.1) is 0 Å². The zero-order chi connectivity index (χ0) is 15.5. The Hall–Kier alpha value is -1.89. The summed E-state index contributed by atoms with van der Waals surface area (Å²) in [6.07, 6.45) is 7.94. The maximum absolute atomic E-state index is 11.6. The molecule has 5 N–H and O–H groups in total. The van der Waals surface area contributed by atoms with E-state index in [9.17, 15) is 9.90 Å². The lowest BCUT2D eigenvalue weighted by Gasteiger charge is -2.20. The van der Waals surface area contributed by atoms with E-state index in [0.717, 1.165) is 38.5 Å². The summed E-state index contributed by atoms with van der Waals surface area (Å²) < 4.78 is 0. The molecular weight excluding hydrogens is 282 g/mol. The van der Waals surface area contributed by atoms with Gasteiger partial charge in [0.2, 0.25) is 5.95 Å². The van der Waals surface area contributed by atoms with Crippen molar-refractivity contribution in [1.82, 2.24) is 9.97 Å². The Morgan fingerprint density at radius 1 is 1.18 bits per heavy atom. The quantitative estimate of drug-likeness (QED) is 0.609. The van der Waals surface area contributed by atoms with Crippen LogP contribution in [0, 0.1) is 0 Å². The summed E-state index contributed by atoms with van der Waals surface area (Å²) in [4.78, 5) is 20.1. The van der Waals surface area contributed by atoms with E-state index >= 15 is 0 Å². The molecule has 0 aromatic carbocycles. The molecule has 1 aromatic rings. The molecule has 2 aliphatic rings. The largest absolute Gasteiger partial charge is 0.393 e. The van der Waals surface area contributed by atoms with E-state index in [1.54, 1.807) is 0 Å². The average molecular weight is 305 g/mol. The lowest BCUT2D eigenvalue weighted by atomic mass is 10.1. The Bertz CT molecular complexity index is 547. The fourth-order valence-corrected chi connectivity index (χ4v) is 2.81. The number of primary amides is 1. The topological polar surface area (TPSA) is 113 Å². The van der Waals surface area contributed by atoms with Crippen LogP contribution in [0.25, 0.3) is 0 Å². The molecule has 0 aliphatic heterocycles. The first-order valence-corrected chi connectivity index (χ1v) is 8.00. The summed E-state index contributed by atoms with van der Waals surface area (Å²) >= 11 is 0. The predicted octanol–water partition coefficient (Wildman–Crippen LogP) is 1.26. The number of amides is 1. The number of hydrogen-bond donors (Lipinski definition) is 4. The number of carbonyl (C=O) groups excluding carboxylic acids is 1. The third-order valence-electron chi connectivity index (χ3n) is 4.20. The molecule has 120 valence electrons. The van der Waals surface area contributed by atoms with E-state index in [1.807, 2.05) is 0 Å². The van der Waals surface area contributed by atoms with Crippen LogP contribution in [0.15, 0.2) is 6.20 Å². The van der Waals surface area contributed by atoms with Gasteiger partial charge in [-0.2, -0.15) is 4.98 Å². The molecule has 1 heterocycles. The Labute approximate surface area is 129 Å². The first kappa shape index (κ1) is 15.0. The molecule has 7 heteroatoms. The van der Waals surface area contributed by atoms with Gasteiger partial charge in [-0.25, -0.2) is 4.98 Å². The number of aromatic nitrogens is 2. The molecule has 0 spiro atoms. The van der Waals surface area contributed by atoms with Crippen molar-refractivity contribution < 1.29 is 9.90 Å². The molecule has 2 atom stereocenters. The second-order valence-corrected chi connectivity index (χ2v) is 6.25. The minimum absolute atomic E-state index is 0.0966. The van der Waals surface area contributed by atoms with E-state index in [-0.39, 0.29) is 12.1 Å². The third kappa shape index (κ3) is 3.85. The van der Waals surface area contributed by atoms with Crippen LogP contribution < -0.4 is 16.4 Å². The van der Waals surface area contributed by atoms with Gasteiger partial charge in [0.25, 0.3) is 5.91 Å². The summed E-state index contributed by atoms with van der Waals surface area (Å²) in [6, 6.07) is 0.534. The molecule has 2 fully saturated rings. The number of aliphatic hydroxyl groups excluding tert-OH is 1. The van der Waals surface area contributed by atoms with Crippen LogP contribution in [-0.2, 0) is 0 Å². The number of nitrogens with two attached hydrogens (primary N) is 1. The first-order chi connectivity index (χ1) is 10.6. The molecule has 1 aromatic heterocycles. The third-order valence-corrected chi connectivity index (χ3v) is 4.20. The molecule has 0 saturated heterocycles. The van der Waals surface area contributed by atoms with Crippen molar-refractivity contribution in [1.29, 1.82) is 0 Å². The number of nitrogens with zero attached hydrogens (tertiary/aromatic N) is 2. The van der Waals surface area contributed by atoms with Gasteiger partial charge in [-0.3, -0.25) is 4.79 Å². The number of aliphatic hydroxyl groups is 1. The Morgan fingerprint density at radius 2 is 1.95 bits per heavy atom. The maximum atomic E-state index is 11.6. The summed E-state index contributed by atoms with van der Waals surface area (Å²) in [5.74, 6) is 0.434. The lowest BCUT2D eigenvalue weighted by molar-refractivity contribution is 0.100. The Balaban J connectivity index is 1.77. The minimum atomic E-state index is -0.547. The highest BCUT2D eigenvalue weighted by molar-refractivity contribution is 5.97. The van der Waals surface area contributed by atoms with Gasteiger partial charge < -0.3 is 21.5 Å². The Kier molecular flexibility index (Phi) is 4.42. The van der Waals surface area contributed by atoms with E-state index in [1.165, 1.54) is 6.20 Å². The highest BCUT2D eigenvalue weighted by Gasteiger charge is 2.24. The molecule has 2 saturated carbocycles. The number of hydrogen-bond acceptors (Lipinski definition) is 6. The fourth-order valence-electron chi connectivity index (χ4n) is 2.81. The van der Waals surface area contributed by atoms with Crippen molar-refractivity contribution in [2.75, 3.05) is 10.6 Å². The minimum Gasteiger partial charge on any atom is -0.393 e. The monoisotopic (exact) mass is 305 g/mol. The van der Waals surface area contributed by atoms with Crippen molar-refractivity contribution in [3.05, 3.63) is 11.8 Å². The van der Waals surface area contributed by atoms with Gasteiger partial charge in [0, 0.05) is 18.3 Å². The van der Waals surface area contributed by atoms with Crippen molar-refractivity contribution >= 4 is 17.7 Å². The van der Waals surface area contributed by atoms with Gasteiger partial charge in [0.05, 0.1) is 11.7 Å². The van der Waals surface area contributed by atoms with Crippen molar-refractivity contribution in [2.45, 2.75) is 63.1 Å². The van der Waals surface area contributed by atoms with Gasteiger partial charge in [0.15, 0.2) is 0 Å². The van der Waals surface area contributed by atoms with Crippen molar-refractivity contribution in [3.8, 4) is 0 Å². The average Bonchev–Trinajstić information content (AvgIpc) is 3.28. The first-order valence-electron chi connectivity index (χ1n) is 8.00. The SMILES string of the molecule is NC(=O)c1cnc(NC2CC2)nc1N[C@@H]1CCCC[C@H](O)C1. The number of carbonyl (C=O) groups is 1. The smallest absolute Gasteiger partial charge is 0.254 e. The number of anilines is 2. The van der Waals surface area contributed by atoms with Gasteiger partial charge in [-0.05, 0) is 32.1 Å². The molecular formula is C15H23N5O2.